The number of rotatable bonds is 7. The minimum atomic E-state index is -0.141. The molecule has 0 aliphatic carbocycles. The van der Waals surface area contributed by atoms with Gasteiger partial charge in [0.1, 0.15) is 12.4 Å². The van der Waals surface area contributed by atoms with Gasteiger partial charge in [0, 0.05) is 26.0 Å². The van der Waals surface area contributed by atoms with E-state index in [0.29, 0.717) is 25.1 Å². The van der Waals surface area contributed by atoms with Gasteiger partial charge in [-0.25, -0.2) is 4.98 Å². The maximum Gasteiger partial charge on any atom is 0.323 e. The second-order valence-corrected chi connectivity index (χ2v) is 4.05. The Kier molecular flexibility index (Phi) is 4.83. The van der Waals surface area contributed by atoms with E-state index >= 15 is 0 Å². The SMILES string of the molecule is CCOCC(C)Oc1nc(NC)nc(-n2ccnc2)n1. The molecular weight excluding hydrogens is 260 g/mol. The third-order valence-corrected chi connectivity index (χ3v) is 2.43. The number of anilines is 1. The first kappa shape index (κ1) is 14.2. The van der Waals surface area contributed by atoms with Gasteiger partial charge in [-0.1, -0.05) is 0 Å². The molecule has 0 bridgehead atoms. The number of nitrogens with zero attached hydrogens (tertiary/aromatic N) is 5. The van der Waals surface area contributed by atoms with Gasteiger partial charge in [-0.2, -0.15) is 15.0 Å². The van der Waals surface area contributed by atoms with Crippen molar-refractivity contribution >= 4 is 5.95 Å². The van der Waals surface area contributed by atoms with Crippen LogP contribution in [0.1, 0.15) is 13.8 Å². The maximum atomic E-state index is 5.64. The molecule has 1 unspecified atom stereocenters. The first-order valence-electron chi connectivity index (χ1n) is 6.39. The summed E-state index contributed by atoms with van der Waals surface area (Å²) in [5, 5.41) is 2.88. The number of aromatic nitrogens is 5. The summed E-state index contributed by atoms with van der Waals surface area (Å²) in [6, 6.07) is 0.250. The Hall–Kier alpha value is -2.22. The summed E-state index contributed by atoms with van der Waals surface area (Å²) >= 11 is 0. The third-order valence-electron chi connectivity index (χ3n) is 2.43. The van der Waals surface area contributed by atoms with Crippen LogP contribution in [0.4, 0.5) is 5.95 Å². The molecule has 2 heterocycles. The van der Waals surface area contributed by atoms with Crippen LogP contribution in [0, 0.1) is 0 Å². The van der Waals surface area contributed by atoms with Crippen LogP contribution in [0.3, 0.4) is 0 Å². The summed E-state index contributed by atoms with van der Waals surface area (Å²) < 4.78 is 12.6. The molecule has 0 fully saturated rings. The summed E-state index contributed by atoms with van der Waals surface area (Å²) in [6.45, 7) is 4.96. The van der Waals surface area contributed by atoms with Gasteiger partial charge in [0.25, 0.3) is 0 Å². The molecule has 2 aromatic heterocycles. The van der Waals surface area contributed by atoms with Crippen molar-refractivity contribution in [1.29, 1.82) is 0 Å². The molecule has 2 rings (SSSR count). The van der Waals surface area contributed by atoms with Crippen LogP contribution >= 0.6 is 0 Å². The largest absolute Gasteiger partial charge is 0.458 e. The zero-order valence-corrected chi connectivity index (χ0v) is 11.8. The minimum absolute atomic E-state index is 0.141. The molecule has 20 heavy (non-hydrogen) atoms. The van der Waals surface area contributed by atoms with Crippen LogP contribution in [0.25, 0.3) is 5.95 Å². The predicted octanol–water partition coefficient (Wildman–Crippen LogP) is 0.903. The van der Waals surface area contributed by atoms with Crippen molar-refractivity contribution in [2.24, 2.45) is 0 Å². The first-order chi connectivity index (χ1) is 9.72. The first-order valence-corrected chi connectivity index (χ1v) is 6.39. The quantitative estimate of drug-likeness (QED) is 0.805. The molecule has 8 nitrogen and oxygen atoms in total. The van der Waals surface area contributed by atoms with Crippen LogP contribution in [0.2, 0.25) is 0 Å². The van der Waals surface area contributed by atoms with Crippen molar-refractivity contribution < 1.29 is 9.47 Å². The van der Waals surface area contributed by atoms with E-state index < -0.39 is 0 Å². The van der Waals surface area contributed by atoms with Gasteiger partial charge in [0.2, 0.25) is 11.9 Å². The van der Waals surface area contributed by atoms with Gasteiger partial charge >= 0.3 is 6.01 Å². The molecule has 0 saturated heterocycles. The fraction of sp³-hybridized carbons (Fsp3) is 0.500. The Morgan fingerprint density at radius 2 is 2.20 bits per heavy atom. The van der Waals surface area contributed by atoms with Crippen molar-refractivity contribution in [3.05, 3.63) is 18.7 Å². The Morgan fingerprint density at radius 1 is 1.35 bits per heavy atom. The van der Waals surface area contributed by atoms with E-state index in [9.17, 15) is 0 Å². The number of nitrogens with one attached hydrogen (secondary N) is 1. The van der Waals surface area contributed by atoms with Gasteiger partial charge in [0.15, 0.2) is 0 Å². The van der Waals surface area contributed by atoms with Crippen molar-refractivity contribution in [2.75, 3.05) is 25.6 Å². The molecule has 108 valence electrons. The Balaban J connectivity index is 2.18. The van der Waals surface area contributed by atoms with Crippen LogP contribution in [-0.2, 0) is 4.74 Å². The van der Waals surface area contributed by atoms with Crippen LogP contribution in [-0.4, -0.2) is 50.9 Å². The number of hydrogen-bond donors (Lipinski definition) is 1. The number of imidazole rings is 1. The fourth-order valence-corrected chi connectivity index (χ4v) is 1.50. The fourth-order valence-electron chi connectivity index (χ4n) is 1.50. The summed E-state index contributed by atoms with van der Waals surface area (Å²) in [5.74, 6) is 0.878. The average Bonchev–Trinajstić information content (AvgIpc) is 2.99. The lowest BCUT2D eigenvalue weighted by atomic mass is 10.4. The predicted molar refractivity (Wildman–Crippen MR) is 73.1 cm³/mol. The molecule has 8 heteroatoms. The van der Waals surface area contributed by atoms with Crippen molar-refractivity contribution in [2.45, 2.75) is 20.0 Å². The van der Waals surface area contributed by atoms with E-state index in [4.69, 9.17) is 9.47 Å². The summed E-state index contributed by atoms with van der Waals surface area (Å²) in [4.78, 5) is 16.6. The Morgan fingerprint density at radius 3 is 2.85 bits per heavy atom. The zero-order valence-electron chi connectivity index (χ0n) is 11.8. The lowest BCUT2D eigenvalue weighted by molar-refractivity contribution is 0.0606. The van der Waals surface area contributed by atoms with Gasteiger partial charge in [0.05, 0.1) is 6.61 Å². The number of hydrogen-bond acceptors (Lipinski definition) is 7. The normalized spacial score (nSPS) is 12.2. The van der Waals surface area contributed by atoms with Crippen molar-refractivity contribution in [1.82, 2.24) is 24.5 Å². The second-order valence-electron chi connectivity index (χ2n) is 4.05. The van der Waals surface area contributed by atoms with Crippen molar-refractivity contribution in [3.8, 4) is 12.0 Å². The molecule has 0 amide bonds. The lowest BCUT2D eigenvalue weighted by Gasteiger charge is -2.13. The maximum absolute atomic E-state index is 5.64. The highest BCUT2D eigenvalue weighted by atomic mass is 16.5. The molecule has 0 saturated carbocycles. The highest BCUT2D eigenvalue weighted by Crippen LogP contribution is 2.12. The molecule has 0 aliphatic rings. The summed E-state index contributed by atoms with van der Waals surface area (Å²) in [6.07, 6.45) is 4.88. The van der Waals surface area contributed by atoms with Gasteiger partial charge < -0.3 is 14.8 Å². The van der Waals surface area contributed by atoms with E-state index in [1.165, 1.54) is 0 Å². The molecule has 0 spiro atoms. The molecule has 0 aromatic carbocycles. The van der Waals surface area contributed by atoms with Gasteiger partial charge in [-0.15, -0.1) is 0 Å². The highest BCUT2D eigenvalue weighted by molar-refractivity contribution is 5.29. The lowest BCUT2D eigenvalue weighted by Crippen LogP contribution is -2.21. The zero-order chi connectivity index (χ0) is 14.4. The second kappa shape index (κ2) is 6.80. The van der Waals surface area contributed by atoms with Gasteiger partial charge in [-0.05, 0) is 13.8 Å². The Labute approximate surface area is 117 Å². The minimum Gasteiger partial charge on any atom is -0.458 e. The van der Waals surface area contributed by atoms with E-state index in [0.717, 1.165) is 0 Å². The Bertz CT molecular complexity index is 531. The molecule has 1 atom stereocenters. The standard InChI is InChI=1S/C12H18N6O2/c1-4-19-7-9(2)20-12-16-10(13-3)15-11(17-12)18-6-5-14-8-18/h5-6,8-9H,4,7H2,1-3H3,(H,13,15,16,17). The topological polar surface area (TPSA) is 87.0 Å². The van der Waals surface area contributed by atoms with E-state index in [1.807, 2.05) is 13.8 Å². The molecule has 2 aromatic rings. The molecule has 1 N–H and O–H groups in total. The van der Waals surface area contributed by atoms with Crippen LogP contribution < -0.4 is 10.1 Å². The van der Waals surface area contributed by atoms with Gasteiger partial charge in [-0.3, -0.25) is 4.57 Å². The molecular formula is C12H18N6O2. The monoisotopic (exact) mass is 278 g/mol. The van der Waals surface area contributed by atoms with Crippen LogP contribution in [0.5, 0.6) is 6.01 Å². The van der Waals surface area contributed by atoms with E-state index in [2.05, 4.69) is 25.3 Å². The molecule has 0 aliphatic heterocycles. The van der Waals surface area contributed by atoms with E-state index in [1.54, 1.807) is 30.3 Å². The summed E-state index contributed by atoms with van der Waals surface area (Å²) in [7, 11) is 1.74. The van der Waals surface area contributed by atoms with E-state index in [-0.39, 0.29) is 12.1 Å². The molecule has 0 radical (unpaired) electrons. The van der Waals surface area contributed by atoms with Crippen molar-refractivity contribution in [3.63, 3.8) is 0 Å². The number of ether oxygens (including phenoxy) is 2. The van der Waals surface area contributed by atoms with Crippen LogP contribution in [0.15, 0.2) is 18.7 Å². The average molecular weight is 278 g/mol. The smallest absolute Gasteiger partial charge is 0.323 e. The highest BCUT2D eigenvalue weighted by Gasteiger charge is 2.11. The summed E-state index contributed by atoms with van der Waals surface area (Å²) in [5.41, 5.74) is 0. The third kappa shape index (κ3) is 3.64.